The predicted octanol–water partition coefficient (Wildman–Crippen LogP) is 7.29. The summed E-state index contributed by atoms with van der Waals surface area (Å²) in [5.74, 6) is -2.14. The standard InChI is InChI=1S/C49H57N7O8S2/c1-30(2)44(54-42(58)14-6-5-7-23-56-43(59)25-31(3)47(56)62)38(57)27-34(11-8-21-51-49(50)63)45(60)52-36-18-15-32(16-19-36)29-55-22-9-12-35-28-41(66-48(35)55)33-17-20-39(64-4)37(26-33)53-46(61)40-13-10-24-65-40/h9-10,12-13,15-20,22,24,26,28,30-31,34,44H,5-8,11,14,21,23,25,27,29H2,1-4H3,(H5-,50,51,52,53,54,58,60,61,63)/p+1/t31?,34-,44+/m1/s1. The highest BCUT2D eigenvalue weighted by Gasteiger charge is 2.35. The molecule has 3 aromatic heterocycles. The number of nitrogens with two attached hydrogens (primary N) is 1. The second-order valence-corrected chi connectivity index (χ2v) is 18.9. The number of nitrogens with one attached hydrogen (secondary N) is 4. The number of urea groups is 1. The van der Waals surface area contributed by atoms with Gasteiger partial charge in [-0.3, -0.25) is 33.7 Å². The van der Waals surface area contributed by atoms with Crippen molar-refractivity contribution in [1.82, 2.24) is 15.5 Å². The third-order valence-electron chi connectivity index (χ3n) is 11.5. The van der Waals surface area contributed by atoms with Crippen LogP contribution in [0, 0.1) is 17.8 Å². The van der Waals surface area contributed by atoms with Crippen LogP contribution < -0.4 is 36.3 Å². The van der Waals surface area contributed by atoms with E-state index in [0.29, 0.717) is 67.2 Å². The van der Waals surface area contributed by atoms with Gasteiger partial charge >= 0.3 is 6.03 Å². The van der Waals surface area contributed by atoms with E-state index in [2.05, 4.69) is 38.0 Å². The minimum Gasteiger partial charge on any atom is -0.495 e. The summed E-state index contributed by atoms with van der Waals surface area (Å²) < 4.78 is 7.71. The van der Waals surface area contributed by atoms with E-state index in [4.69, 9.17) is 10.5 Å². The Balaban J connectivity index is 1.06. The molecule has 1 unspecified atom stereocenters. The molecular weight excluding hydrogens is 879 g/mol. The Bertz CT molecular complexity index is 2540. The van der Waals surface area contributed by atoms with Gasteiger partial charge in [0, 0.05) is 66.4 Å². The Kier molecular flexibility index (Phi) is 17.2. The van der Waals surface area contributed by atoms with Crippen molar-refractivity contribution in [3.05, 3.63) is 94.8 Å². The molecule has 17 heteroatoms. The maximum absolute atomic E-state index is 13.8. The second-order valence-electron chi connectivity index (χ2n) is 16.9. The quantitative estimate of drug-likeness (QED) is 0.0255. The first-order valence-electron chi connectivity index (χ1n) is 22.2. The lowest BCUT2D eigenvalue weighted by atomic mass is 9.89. The number of benzene rings is 2. The Hall–Kier alpha value is -6.46. The van der Waals surface area contributed by atoms with E-state index in [9.17, 15) is 33.6 Å². The number of primary amides is 1. The van der Waals surface area contributed by atoms with Crippen LogP contribution in [0.15, 0.2) is 84.4 Å². The number of imide groups is 1. The second kappa shape index (κ2) is 23.1. The van der Waals surface area contributed by atoms with Crippen molar-refractivity contribution in [2.45, 2.75) is 84.7 Å². The van der Waals surface area contributed by atoms with Gasteiger partial charge in [0.25, 0.3) is 10.7 Å². The summed E-state index contributed by atoms with van der Waals surface area (Å²) in [5.41, 5.74) is 8.32. The van der Waals surface area contributed by atoms with Gasteiger partial charge in [0.15, 0.2) is 18.5 Å². The normalized spacial score (nSPS) is 14.6. The average Bonchev–Trinajstić information content (AvgIpc) is 4.05. The number of rotatable bonds is 23. The summed E-state index contributed by atoms with van der Waals surface area (Å²) in [5, 5.41) is 14.3. The molecule has 0 bridgehead atoms. The molecule has 0 aliphatic carbocycles. The number of pyridine rings is 1. The lowest BCUT2D eigenvalue weighted by Gasteiger charge is -2.24. The van der Waals surface area contributed by atoms with Gasteiger partial charge in [-0.25, -0.2) is 4.79 Å². The molecule has 1 fully saturated rings. The lowest BCUT2D eigenvalue weighted by molar-refractivity contribution is -0.660. The zero-order chi connectivity index (χ0) is 47.3. The highest BCUT2D eigenvalue weighted by molar-refractivity contribution is 7.21. The molecule has 5 aromatic rings. The molecule has 0 radical (unpaired) electrons. The zero-order valence-electron chi connectivity index (χ0n) is 37.7. The van der Waals surface area contributed by atoms with E-state index in [-0.39, 0.29) is 73.0 Å². The number of unbranched alkanes of at least 4 members (excludes halogenated alkanes) is 2. The van der Waals surface area contributed by atoms with E-state index >= 15 is 0 Å². The largest absolute Gasteiger partial charge is 0.495 e. The summed E-state index contributed by atoms with van der Waals surface area (Å²) in [6, 6.07) is 21.6. The Labute approximate surface area is 392 Å². The van der Waals surface area contributed by atoms with Crippen LogP contribution in [-0.2, 0) is 30.5 Å². The first-order chi connectivity index (χ1) is 31.7. The lowest BCUT2D eigenvalue weighted by Crippen LogP contribution is -2.45. The van der Waals surface area contributed by atoms with Crippen molar-refractivity contribution in [2.24, 2.45) is 23.5 Å². The van der Waals surface area contributed by atoms with Gasteiger partial charge in [-0.15, -0.1) is 11.3 Å². The number of carbonyl (C=O) groups excluding carboxylic acids is 7. The van der Waals surface area contributed by atoms with Gasteiger partial charge in [0.1, 0.15) is 5.75 Å². The van der Waals surface area contributed by atoms with Crippen LogP contribution in [0.1, 0.15) is 87.4 Å². The third kappa shape index (κ3) is 13.1. The van der Waals surface area contributed by atoms with E-state index in [1.807, 2.05) is 80.0 Å². The number of fused-ring (bicyclic) bond motifs is 1. The minimum atomic E-state index is -0.809. The summed E-state index contributed by atoms with van der Waals surface area (Å²) in [7, 11) is 1.57. The fourth-order valence-electron chi connectivity index (χ4n) is 7.95. The van der Waals surface area contributed by atoms with E-state index < -0.39 is 18.0 Å². The molecule has 15 nitrogen and oxygen atoms in total. The summed E-state index contributed by atoms with van der Waals surface area (Å²) >= 11 is 3.00. The minimum absolute atomic E-state index is 0.120. The van der Waals surface area contributed by atoms with E-state index in [0.717, 1.165) is 26.2 Å². The monoisotopic (exact) mass is 936 g/mol. The molecule has 0 spiro atoms. The van der Waals surface area contributed by atoms with Crippen LogP contribution in [0.3, 0.4) is 0 Å². The van der Waals surface area contributed by atoms with Crippen LogP contribution in [0.2, 0.25) is 0 Å². The number of thiophene rings is 2. The molecule has 348 valence electrons. The topological polar surface area (TPSA) is 210 Å². The molecule has 6 N–H and O–H groups in total. The first kappa shape index (κ1) is 49.0. The summed E-state index contributed by atoms with van der Waals surface area (Å²) in [6.45, 7) is 6.55. The Morgan fingerprint density at radius 3 is 2.41 bits per heavy atom. The van der Waals surface area contributed by atoms with Crippen LogP contribution in [0.5, 0.6) is 5.75 Å². The number of anilines is 2. The van der Waals surface area contributed by atoms with Crippen molar-refractivity contribution in [2.75, 3.05) is 30.8 Å². The molecule has 66 heavy (non-hydrogen) atoms. The maximum atomic E-state index is 13.8. The van der Waals surface area contributed by atoms with Gasteiger partial charge in [-0.1, -0.05) is 56.7 Å². The number of methoxy groups -OCH3 is 1. The van der Waals surface area contributed by atoms with E-state index in [1.54, 1.807) is 31.4 Å². The van der Waals surface area contributed by atoms with Crippen LogP contribution in [0.4, 0.5) is 16.2 Å². The van der Waals surface area contributed by atoms with Crippen LogP contribution >= 0.6 is 22.7 Å². The van der Waals surface area contributed by atoms with E-state index in [1.165, 1.54) is 16.2 Å². The molecule has 0 saturated carbocycles. The fourth-order valence-corrected chi connectivity index (χ4v) is 9.69. The number of likely N-dealkylation sites (tertiary alicyclic amines) is 1. The number of ketones is 1. The molecule has 1 aliphatic heterocycles. The van der Waals surface area contributed by atoms with Crippen LogP contribution in [-0.4, -0.2) is 72.5 Å². The highest BCUT2D eigenvalue weighted by Crippen LogP contribution is 2.36. The molecule has 1 saturated heterocycles. The number of hydrogen-bond donors (Lipinski definition) is 5. The molecular formula is C49H58N7O8S2+. The number of nitrogens with zero attached hydrogens (tertiary/aromatic N) is 2. The maximum Gasteiger partial charge on any atom is 0.312 e. The van der Waals surface area contributed by atoms with Gasteiger partial charge in [0.05, 0.1) is 29.1 Å². The summed E-state index contributed by atoms with van der Waals surface area (Å²) in [4.78, 5) is 93.0. The molecule has 4 heterocycles. The third-order valence-corrected chi connectivity index (χ3v) is 13.6. The Morgan fingerprint density at radius 2 is 1.73 bits per heavy atom. The predicted molar refractivity (Wildman–Crippen MR) is 256 cm³/mol. The number of hydrogen-bond acceptors (Lipinski definition) is 10. The first-order valence-corrected chi connectivity index (χ1v) is 23.9. The SMILES string of the molecule is COc1ccc(-c2cc3ccc[n+](Cc4ccc(NC(=O)[C@H](CCCNC(N)=O)CC(=O)[C@@H](NC(=O)CCCCCN5C(=O)CC(C)C5=O)C(C)C)cc4)c3s2)cc1NC(=O)c1cccs1. The molecule has 2 aromatic carbocycles. The van der Waals surface area contributed by atoms with Crippen LogP contribution in [0.25, 0.3) is 20.7 Å². The Morgan fingerprint density at radius 1 is 0.939 bits per heavy atom. The highest BCUT2D eigenvalue weighted by atomic mass is 32.1. The molecule has 7 amide bonds. The average molecular weight is 937 g/mol. The van der Waals surface area contributed by atoms with Crippen molar-refractivity contribution in [1.29, 1.82) is 0 Å². The molecule has 1 aliphatic rings. The van der Waals surface area contributed by atoms with Crippen molar-refractivity contribution in [3.8, 4) is 16.2 Å². The van der Waals surface area contributed by atoms with Gasteiger partial charge in [-0.2, -0.15) is 4.57 Å². The van der Waals surface area contributed by atoms with Crippen molar-refractivity contribution < 1.29 is 42.9 Å². The van der Waals surface area contributed by atoms with Gasteiger partial charge < -0.3 is 31.7 Å². The summed E-state index contributed by atoms with van der Waals surface area (Å²) in [6.07, 6.45) is 4.77. The van der Waals surface area contributed by atoms with Crippen molar-refractivity contribution in [3.63, 3.8) is 0 Å². The number of carbonyl (C=O) groups is 7. The van der Waals surface area contributed by atoms with Gasteiger partial charge in [0.2, 0.25) is 23.6 Å². The zero-order valence-corrected chi connectivity index (χ0v) is 39.4. The number of ether oxygens (including phenoxy) is 1. The molecule has 6 rings (SSSR count). The van der Waals surface area contributed by atoms with Gasteiger partial charge in [-0.05, 0) is 91.1 Å². The molecule has 3 atom stereocenters. The smallest absolute Gasteiger partial charge is 0.312 e. The number of aromatic nitrogens is 1. The fraction of sp³-hybridized carbons (Fsp3) is 0.388. The number of amides is 7. The number of Topliss-reactive ketones (excluding diaryl/α,β-unsaturated/α-hetero) is 1. The van der Waals surface area contributed by atoms with Crippen molar-refractivity contribution >= 4 is 85.6 Å².